The van der Waals surface area contributed by atoms with Gasteiger partial charge in [-0.3, -0.25) is 0 Å². The molecule has 2 heteroatoms. The average Bonchev–Trinajstić information content (AvgIpc) is 2.58. The third-order valence-corrected chi connectivity index (χ3v) is 4.61. The van der Waals surface area contributed by atoms with Gasteiger partial charge in [-0.05, 0) is 64.0 Å². The number of hydrogen-bond acceptors (Lipinski definition) is 2. The first-order valence-corrected chi connectivity index (χ1v) is 8.42. The van der Waals surface area contributed by atoms with Crippen molar-refractivity contribution in [1.82, 2.24) is 0 Å². The molecule has 0 spiro atoms. The number of aromatic hydroxyl groups is 1. The molecule has 0 bridgehead atoms. The number of phenols is 1. The molecule has 1 aromatic rings. The van der Waals surface area contributed by atoms with Crippen molar-refractivity contribution in [3.05, 3.63) is 34.9 Å². The van der Waals surface area contributed by atoms with Gasteiger partial charge in [0.2, 0.25) is 0 Å². The molecular weight excluding hydrogens is 284 g/mol. The van der Waals surface area contributed by atoms with E-state index < -0.39 is 37.1 Å². The molecule has 126 valence electrons. The first kappa shape index (κ1) is 9.76. The number of hydrogen-bond donors (Lipinski definition) is 1. The number of aryl methyl sites for hydroxylation is 1. The van der Waals surface area contributed by atoms with Crippen LogP contribution in [-0.2, 0) is 6.42 Å². The third-order valence-electron chi connectivity index (χ3n) is 4.61. The minimum Gasteiger partial charge on any atom is -0.507 e. The lowest BCUT2D eigenvalue weighted by Gasteiger charge is -2.46. The zero-order chi connectivity index (χ0) is 22.7. The lowest BCUT2D eigenvalue weighted by molar-refractivity contribution is 0.0107. The normalized spacial score (nSPS) is 36.0. The highest BCUT2D eigenvalue weighted by atomic mass is 16.5. The summed E-state index contributed by atoms with van der Waals surface area (Å²) in [5.41, 5.74) is -0.650. The van der Waals surface area contributed by atoms with Crippen LogP contribution in [0.4, 0.5) is 0 Å². The van der Waals surface area contributed by atoms with E-state index in [0.29, 0.717) is 5.75 Å². The molecule has 0 radical (unpaired) electrons. The van der Waals surface area contributed by atoms with Crippen LogP contribution in [0.25, 0.3) is 0 Å². The Morgan fingerprint density at radius 1 is 1.48 bits per heavy atom. The van der Waals surface area contributed by atoms with Crippen LogP contribution >= 0.6 is 0 Å². The second kappa shape index (κ2) is 6.22. The van der Waals surface area contributed by atoms with Gasteiger partial charge in [0.1, 0.15) is 17.1 Å². The van der Waals surface area contributed by atoms with Gasteiger partial charge in [0.15, 0.2) is 0 Å². The fourth-order valence-corrected chi connectivity index (χ4v) is 3.46. The Hall–Kier alpha value is -1.44. The highest BCUT2D eigenvalue weighted by molar-refractivity contribution is 5.53. The maximum Gasteiger partial charge on any atom is 0.127 e. The molecule has 3 rings (SSSR count). The molecule has 0 fully saturated rings. The fourth-order valence-electron chi connectivity index (χ4n) is 3.46. The molecule has 1 N–H and O–H groups in total. The first-order valence-electron chi connectivity index (χ1n) is 11.9. The standard InChI is InChI=1S/C21H30O2/c1-5-6-7-8-15-12-18(22)20-16-11-14(2)9-10-17(16)21(3,4)23-19(20)13-15/h11-13,16-17,22H,5-10H2,1-4H3/t16-,17-/m1/s1/i2D3,10D2,11D,17D. The van der Waals surface area contributed by atoms with Gasteiger partial charge < -0.3 is 9.84 Å². The highest BCUT2D eigenvalue weighted by Crippen LogP contribution is 2.53. The summed E-state index contributed by atoms with van der Waals surface area (Å²) in [5.74, 6) is -3.12. The summed E-state index contributed by atoms with van der Waals surface area (Å²) in [5, 5.41) is 10.9. The van der Waals surface area contributed by atoms with Gasteiger partial charge in [0.25, 0.3) is 0 Å². The van der Waals surface area contributed by atoms with Gasteiger partial charge in [0.05, 0.1) is 1.37 Å². The van der Waals surface area contributed by atoms with E-state index >= 15 is 0 Å². The van der Waals surface area contributed by atoms with Crippen LogP contribution in [0.5, 0.6) is 11.5 Å². The van der Waals surface area contributed by atoms with Gasteiger partial charge in [-0.1, -0.05) is 31.4 Å². The summed E-state index contributed by atoms with van der Waals surface area (Å²) >= 11 is 0. The molecule has 0 saturated heterocycles. The first-order chi connectivity index (χ1) is 13.7. The molecule has 0 unspecified atom stereocenters. The number of unbranched alkanes of at least 4 members (excludes halogenated alkanes) is 2. The van der Waals surface area contributed by atoms with Crippen LogP contribution in [0.1, 0.15) is 86.3 Å². The van der Waals surface area contributed by atoms with E-state index in [4.69, 9.17) is 13.0 Å². The lowest BCUT2D eigenvalue weighted by atomic mass is 9.68. The molecule has 0 saturated carbocycles. The van der Waals surface area contributed by atoms with Crippen LogP contribution in [0.2, 0.25) is 0 Å². The number of phenolic OH excluding ortho intramolecular Hbond substituents is 1. The second-order valence-electron chi connectivity index (χ2n) is 6.92. The predicted molar refractivity (Wildman–Crippen MR) is 95.3 cm³/mol. The van der Waals surface area contributed by atoms with Crippen molar-refractivity contribution in [3.8, 4) is 11.5 Å². The van der Waals surface area contributed by atoms with Crippen molar-refractivity contribution in [2.24, 2.45) is 5.89 Å². The molecule has 1 aromatic carbocycles. The van der Waals surface area contributed by atoms with Gasteiger partial charge in [-0.2, -0.15) is 0 Å². The molecule has 2 aliphatic rings. The Labute approximate surface area is 150 Å². The van der Waals surface area contributed by atoms with Crippen molar-refractivity contribution >= 4 is 0 Å². The van der Waals surface area contributed by atoms with E-state index in [9.17, 15) is 6.48 Å². The van der Waals surface area contributed by atoms with Crippen LogP contribution in [0.15, 0.2) is 23.8 Å². The number of benzene rings is 1. The summed E-state index contributed by atoms with van der Waals surface area (Å²) in [6, 6.07) is 3.04. The largest absolute Gasteiger partial charge is 0.507 e. The zero-order valence-corrected chi connectivity index (χ0v) is 14.1. The van der Waals surface area contributed by atoms with E-state index in [0.717, 1.165) is 31.2 Å². The minimum absolute atomic E-state index is 0.138. The predicted octanol–water partition coefficient (Wildman–Crippen LogP) is 5.74. The monoisotopic (exact) mass is 321 g/mol. The van der Waals surface area contributed by atoms with Crippen molar-refractivity contribution in [2.75, 3.05) is 0 Å². The van der Waals surface area contributed by atoms with E-state index in [-0.39, 0.29) is 22.9 Å². The number of allylic oxidation sites excluding steroid dienone is 2. The van der Waals surface area contributed by atoms with Crippen LogP contribution in [0, 0.1) is 5.89 Å². The van der Waals surface area contributed by atoms with E-state index in [1.54, 1.807) is 26.0 Å². The zero-order valence-electron chi connectivity index (χ0n) is 21.1. The van der Waals surface area contributed by atoms with Gasteiger partial charge >= 0.3 is 0 Å². The van der Waals surface area contributed by atoms with E-state index in [2.05, 4.69) is 6.92 Å². The number of rotatable bonds is 4. The Balaban J connectivity index is 2.25. The van der Waals surface area contributed by atoms with Crippen molar-refractivity contribution in [3.63, 3.8) is 0 Å². The van der Waals surface area contributed by atoms with Crippen LogP contribution in [0.3, 0.4) is 0 Å². The molecule has 23 heavy (non-hydrogen) atoms. The quantitative estimate of drug-likeness (QED) is 0.566. The smallest absolute Gasteiger partial charge is 0.127 e. The molecule has 2 nitrogen and oxygen atoms in total. The molecule has 1 heterocycles. The fraction of sp³-hybridized carbons (Fsp3) is 0.619. The average molecular weight is 322 g/mol. The summed E-state index contributed by atoms with van der Waals surface area (Å²) in [4.78, 5) is 0. The summed E-state index contributed by atoms with van der Waals surface area (Å²) < 4.78 is 64.6. The Kier molecular flexibility index (Phi) is 2.64. The molecule has 2 atom stereocenters. The molecule has 1 aliphatic carbocycles. The Morgan fingerprint density at radius 2 is 2.30 bits per heavy atom. The molecule has 1 aliphatic heterocycles. The van der Waals surface area contributed by atoms with Gasteiger partial charge in [-0.15, -0.1) is 0 Å². The van der Waals surface area contributed by atoms with Gasteiger partial charge in [-0.25, -0.2) is 0 Å². The SMILES string of the molecule is [2H]C1=C(C([2H])([2H])[2H])CC([2H])([2H])[C@]2([2H])[C@@H]1c1c(O)cc(CCCCC)cc1OC2(C)C. The maximum absolute atomic E-state index is 10.9. The highest BCUT2D eigenvalue weighted by Gasteiger charge is 2.45. The topological polar surface area (TPSA) is 29.5 Å². The molecule has 0 amide bonds. The summed E-state index contributed by atoms with van der Waals surface area (Å²) in [6.07, 6.45) is 0.966. The van der Waals surface area contributed by atoms with E-state index in [1.807, 2.05) is 0 Å². The number of fused-ring (bicyclic) bond motifs is 3. The second-order valence-corrected chi connectivity index (χ2v) is 6.92. The van der Waals surface area contributed by atoms with Crippen molar-refractivity contribution in [2.45, 2.75) is 77.6 Å². The summed E-state index contributed by atoms with van der Waals surface area (Å²) in [7, 11) is 0. The van der Waals surface area contributed by atoms with Crippen molar-refractivity contribution < 1.29 is 19.4 Å². The number of ether oxygens (including phenoxy) is 1. The van der Waals surface area contributed by atoms with Gasteiger partial charge in [0, 0.05) is 25.6 Å². The third kappa shape index (κ3) is 3.13. The molecule has 0 aromatic heterocycles. The van der Waals surface area contributed by atoms with E-state index in [1.165, 1.54) is 0 Å². The minimum atomic E-state index is -2.65. The van der Waals surface area contributed by atoms with Crippen LogP contribution < -0.4 is 4.74 Å². The van der Waals surface area contributed by atoms with Crippen molar-refractivity contribution in [1.29, 1.82) is 0 Å². The Bertz CT molecular complexity index is 873. The Morgan fingerprint density at radius 3 is 3.04 bits per heavy atom. The lowest BCUT2D eigenvalue weighted by Crippen LogP contribution is -2.45. The molecular formula is C21H30O2. The van der Waals surface area contributed by atoms with Crippen LogP contribution in [-0.4, -0.2) is 10.7 Å². The summed E-state index contributed by atoms with van der Waals surface area (Å²) in [6.45, 7) is 2.65. The maximum atomic E-state index is 10.9.